The number of aromatic nitrogens is 2. The van der Waals surface area contributed by atoms with Crippen LogP contribution in [-0.2, 0) is 4.74 Å². The minimum atomic E-state index is 0.0346. The molecule has 2 aliphatic rings. The zero-order valence-corrected chi connectivity index (χ0v) is 16.3. The predicted octanol–water partition coefficient (Wildman–Crippen LogP) is 3.62. The quantitative estimate of drug-likeness (QED) is 0.913. The van der Waals surface area contributed by atoms with Crippen LogP contribution in [0.5, 0.6) is 0 Å². The molecule has 1 saturated heterocycles. The number of benzene rings is 1. The Hall–Kier alpha value is -1.59. The minimum absolute atomic E-state index is 0.0346. The van der Waals surface area contributed by atoms with Gasteiger partial charge in [0.2, 0.25) is 0 Å². The fourth-order valence-electron chi connectivity index (χ4n) is 5.15. The smallest absolute Gasteiger partial charge is 0.326 e. The van der Waals surface area contributed by atoms with Crippen molar-refractivity contribution in [2.45, 2.75) is 70.1 Å². The van der Waals surface area contributed by atoms with Crippen molar-refractivity contribution in [3.8, 4) is 0 Å². The van der Waals surface area contributed by atoms with E-state index in [-0.39, 0.29) is 11.2 Å². The molecular formula is C21H31N3O2. The zero-order chi connectivity index (χ0) is 18.3. The molecule has 5 heteroatoms. The number of H-pyrrole nitrogens is 1. The van der Waals surface area contributed by atoms with E-state index in [0.29, 0.717) is 12.1 Å². The number of rotatable bonds is 3. The Morgan fingerprint density at radius 2 is 2.00 bits per heavy atom. The Morgan fingerprint density at radius 3 is 2.73 bits per heavy atom. The summed E-state index contributed by atoms with van der Waals surface area (Å²) in [5.41, 5.74) is 3.48. The molecule has 142 valence electrons. The predicted molar refractivity (Wildman–Crippen MR) is 105 cm³/mol. The van der Waals surface area contributed by atoms with Crippen LogP contribution >= 0.6 is 0 Å². The third-order valence-electron chi connectivity index (χ3n) is 6.71. The van der Waals surface area contributed by atoms with Gasteiger partial charge in [0.15, 0.2) is 0 Å². The summed E-state index contributed by atoms with van der Waals surface area (Å²) in [6.07, 6.45) is 7.28. The van der Waals surface area contributed by atoms with Crippen LogP contribution in [0, 0.1) is 6.92 Å². The third kappa shape index (κ3) is 3.12. The number of imidazole rings is 1. The minimum Gasteiger partial charge on any atom is -0.381 e. The molecule has 0 bridgehead atoms. The summed E-state index contributed by atoms with van der Waals surface area (Å²) >= 11 is 0. The van der Waals surface area contributed by atoms with Gasteiger partial charge in [-0.05, 0) is 70.1 Å². The molecule has 1 aromatic heterocycles. The molecule has 4 rings (SSSR count). The van der Waals surface area contributed by atoms with Crippen molar-refractivity contribution in [1.29, 1.82) is 0 Å². The van der Waals surface area contributed by atoms with E-state index in [4.69, 9.17) is 4.74 Å². The lowest BCUT2D eigenvalue weighted by atomic mass is 9.79. The van der Waals surface area contributed by atoms with Gasteiger partial charge in [-0.15, -0.1) is 0 Å². The number of aromatic amines is 1. The first-order valence-corrected chi connectivity index (χ1v) is 9.99. The van der Waals surface area contributed by atoms with Crippen molar-refractivity contribution in [2.24, 2.45) is 0 Å². The number of nitrogens with zero attached hydrogens (tertiary/aromatic N) is 2. The van der Waals surface area contributed by atoms with Gasteiger partial charge in [0.05, 0.1) is 17.1 Å². The number of nitrogens with one attached hydrogen (secondary N) is 1. The molecule has 1 aliphatic carbocycles. The molecular weight excluding hydrogens is 326 g/mol. The van der Waals surface area contributed by atoms with Gasteiger partial charge in [-0.3, -0.25) is 9.47 Å². The highest BCUT2D eigenvalue weighted by Gasteiger charge is 2.39. The second-order valence-corrected chi connectivity index (χ2v) is 8.49. The van der Waals surface area contributed by atoms with Crippen molar-refractivity contribution in [2.75, 3.05) is 20.2 Å². The van der Waals surface area contributed by atoms with Crippen LogP contribution in [0.25, 0.3) is 11.0 Å². The summed E-state index contributed by atoms with van der Waals surface area (Å²) in [6.45, 7) is 6.60. The van der Waals surface area contributed by atoms with Crippen LogP contribution in [0.4, 0.5) is 0 Å². The number of hydrogen-bond donors (Lipinski definition) is 1. The van der Waals surface area contributed by atoms with Crippen LogP contribution < -0.4 is 5.69 Å². The number of piperidine rings is 1. The van der Waals surface area contributed by atoms with E-state index in [1.807, 2.05) is 17.7 Å². The Bertz CT molecular complexity index is 831. The van der Waals surface area contributed by atoms with Crippen molar-refractivity contribution in [1.82, 2.24) is 14.5 Å². The van der Waals surface area contributed by atoms with Crippen LogP contribution in [0.1, 0.15) is 57.1 Å². The first-order valence-electron chi connectivity index (χ1n) is 9.99. The molecule has 0 spiro atoms. The highest BCUT2D eigenvalue weighted by molar-refractivity contribution is 5.76. The molecule has 0 unspecified atom stereocenters. The topological polar surface area (TPSA) is 50.3 Å². The summed E-state index contributed by atoms with van der Waals surface area (Å²) in [6, 6.07) is 6.50. The fraction of sp³-hybridized carbons (Fsp3) is 0.667. The number of likely N-dealkylation sites (tertiary alicyclic amines) is 1. The number of aryl methyl sites for hydroxylation is 1. The van der Waals surface area contributed by atoms with Crippen molar-refractivity contribution in [3.05, 3.63) is 34.2 Å². The largest absolute Gasteiger partial charge is 0.381 e. The van der Waals surface area contributed by atoms with Gasteiger partial charge in [0.25, 0.3) is 0 Å². The molecule has 2 atom stereocenters. The normalized spacial score (nSPS) is 28.7. The molecule has 1 aliphatic heterocycles. The lowest BCUT2D eigenvalue weighted by Gasteiger charge is -2.48. The maximum Gasteiger partial charge on any atom is 0.326 e. The Kier molecular flexibility index (Phi) is 4.70. The molecule has 2 fully saturated rings. The van der Waals surface area contributed by atoms with Crippen molar-refractivity contribution in [3.63, 3.8) is 0 Å². The highest BCUT2D eigenvalue weighted by Crippen LogP contribution is 2.38. The van der Waals surface area contributed by atoms with E-state index in [2.05, 4.69) is 35.9 Å². The number of hydrogen-bond acceptors (Lipinski definition) is 3. The monoisotopic (exact) mass is 357 g/mol. The summed E-state index contributed by atoms with van der Waals surface area (Å²) in [5, 5.41) is 0. The van der Waals surface area contributed by atoms with E-state index in [1.165, 1.54) is 24.8 Å². The van der Waals surface area contributed by atoms with Gasteiger partial charge in [-0.2, -0.15) is 0 Å². The van der Waals surface area contributed by atoms with Crippen LogP contribution in [0.15, 0.2) is 23.0 Å². The molecule has 1 saturated carbocycles. The summed E-state index contributed by atoms with van der Waals surface area (Å²) in [4.78, 5) is 18.2. The van der Waals surface area contributed by atoms with E-state index in [1.54, 1.807) is 0 Å². The molecule has 1 aromatic carbocycles. The lowest BCUT2D eigenvalue weighted by molar-refractivity contribution is -0.0287. The van der Waals surface area contributed by atoms with Gasteiger partial charge in [-0.1, -0.05) is 6.07 Å². The van der Waals surface area contributed by atoms with Gasteiger partial charge >= 0.3 is 5.69 Å². The van der Waals surface area contributed by atoms with Crippen molar-refractivity contribution < 1.29 is 4.74 Å². The van der Waals surface area contributed by atoms with Gasteiger partial charge in [0, 0.05) is 31.8 Å². The van der Waals surface area contributed by atoms with E-state index in [9.17, 15) is 4.79 Å². The second-order valence-electron chi connectivity index (χ2n) is 8.49. The van der Waals surface area contributed by atoms with Gasteiger partial charge < -0.3 is 9.72 Å². The van der Waals surface area contributed by atoms with E-state index in [0.717, 1.165) is 43.4 Å². The molecule has 2 aromatic rings. The molecule has 0 radical (unpaired) electrons. The Balaban J connectivity index is 1.51. The molecule has 2 heterocycles. The van der Waals surface area contributed by atoms with Crippen molar-refractivity contribution >= 4 is 11.0 Å². The third-order valence-corrected chi connectivity index (χ3v) is 6.71. The maximum absolute atomic E-state index is 12.6. The first kappa shape index (κ1) is 17.8. The number of ether oxygens (including phenoxy) is 1. The second kappa shape index (κ2) is 6.86. The zero-order valence-electron chi connectivity index (χ0n) is 16.3. The lowest BCUT2D eigenvalue weighted by Crippen LogP contribution is -2.53. The molecule has 5 nitrogen and oxygen atoms in total. The van der Waals surface area contributed by atoms with Gasteiger partial charge in [-0.25, -0.2) is 4.79 Å². The maximum atomic E-state index is 12.6. The Labute approximate surface area is 155 Å². The molecule has 26 heavy (non-hydrogen) atoms. The highest BCUT2D eigenvalue weighted by atomic mass is 16.5. The molecule has 0 amide bonds. The summed E-state index contributed by atoms with van der Waals surface area (Å²) in [5.74, 6) is 0. The van der Waals surface area contributed by atoms with E-state index < -0.39 is 0 Å². The first-order chi connectivity index (χ1) is 12.5. The summed E-state index contributed by atoms with van der Waals surface area (Å²) in [7, 11) is 1.84. The number of fused-ring (bicyclic) bond motifs is 1. The average Bonchev–Trinajstić information content (AvgIpc) is 2.97. The Morgan fingerprint density at radius 1 is 1.23 bits per heavy atom. The molecule has 1 N–H and O–H groups in total. The standard InChI is InChI=1S/C21H31N3O2/c1-15-6-7-18-19(13-15)24(20(25)22-18)16-8-11-23(12-9-16)21(2)10-4-5-17(14-21)26-3/h6-7,13,16-17H,4-5,8-12,14H2,1-3H3,(H,22,25)/t17-,21+/m1/s1. The van der Waals surface area contributed by atoms with Gasteiger partial charge in [0.1, 0.15) is 0 Å². The summed E-state index contributed by atoms with van der Waals surface area (Å²) < 4.78 is 7.66. The van der Waals surface area contributed by atoms with Crippen LogP contribution in [-0.4, -0.2) is 46.3 Å². The van der Waals surface area contributed by atoms with Crippen LogP contribution in [0.3, 0.4) is 0 Å². The number of methoxy groups -OCH3 is 1. The fourth-order valence-corrected chi connectivity index (χ4v) is 5.15. The average molecular weight is 357 g/mol. The van der Waals surface area contributed by atoms with E-state index >= 15 is 0 Å². The SMILES string of the molecule is CO[C@@H]1CCC[C@](C)(N2CCC(n3c(=O)[nH]c4ccc(C)cc43)CC2)C1. The van der Waals surface area contributed by atoms with Crippen LogP contribution in [0.2, 0.25) is 0 Å².